The smallest absolute Gasteiger partial charge is 0.239 e. The average molecular weight is 390 g/mol. The maximum Gasteiger partial charge on any atom is 0.239 e. The lowest BCUT2D eigenvalue weighted by molar-refractivity contribution is -0.116. The standard InChI is InChI=1S/C20H14N4O3S/c25-20-18(19-22-16-5-1-2-6-17(16)23-19)14-10-12(7-8-15(14)24-20)28(26,27)13-4-3-9-21-11-13/h1-11,18H,(H,22,23)(H,24,25). The Kier molecular flexibility index (Phi) is 3.56. The van der Waals surface area contributed by atoms with E-state index in [-0.39, 0.29) is 15.7 Å². The van der Waals surface area contributed by atoms with Crippen molar-refractivity contribution in [2.45, 2.75) is 15.7 Å². The molecule has 8 heteroatoms. The topological polar surface area (TPSA) is 105 Å². The minimum Gasteiger partial charge on any atom is -0.341 e. The molecule has 3 heterocycles. The second kappa shape index (κ2) is 6.00. The molecule has 5 rings (SSSR count). The first-order valence-electron chi connectivity index (χ1n) is 8.58. The van der Waals surface area contributed by atoms with Gasteiger partial charge in [-0.3, -0.25) is 9.78 Å². The Morgan fingerprint density at radius 2 is 1.82 bits per heavy atom. The van der Waals surface area contributed by atoms with E-state index in [0.29, 0.717) is 17.1 Å². The van der Waals surface area contributed by atoms with Crippen LogP contribution in [0.4, 0.5) is 5.69 Å². The van der Waals surface area contributed by atoms with E-state index >= 15 is 0 Å². The highest BCUT2D eigenvalue weighted by Gasteiger charge is 2.35. The number of nitrogens with zero attached hydrogens (tertiary/aromatic N) is 2. The third-order valence-corrected chi connectivity index (χ3v) is 6.53. The fourth-order valence-electron chi connectivity index (χ4n) is 3.43. The van der Waals surface area contributed by atoms with Crippen LogP contribution < -0.4 is 5.32 Å². The first kappa shape index (κ1) is 16.6. The van der Waals surface area contributed by atoms with Gasteiger partial charge in [-0.1, -0.05) is 12.1 Å². The van der Waals surface area contributed by atoms with E-state index in [0.717, 1.165) is 11.0 Å². The van der Waals surface area contributed by atoms with Crippen molar-refractivity contribution in [3.05, 3.63) is 78.4 Å². The molecule has 0 saturated carbocycles. The number of sulfone groups is 1. The van der Waals surface area contributed by atoms with Crippen LogP contribution in [0, 0.1) is 0 Å². The molecule has 0 aliphatic carbocycles. The van der Waals surface area contributed by atoms with E-state index in [9.17, 15) is 13.2 Å². The molecule has 138 valence electrons. The summed E-state index contributed by atoms with van der Waals surface area (Å²) in [5.41, 5.74) is 2.73. The number of para-hydroxylation sites is 2. The summed E-state index contributed by atoms with van der Waals surface area (Å²) >= 11 is 0. The van der Waals surface area contributed by atoms with Crippen molar-refractivity contribution in [2.75, 3.05) is 5.32 Å². The number of imidazole rings is 1. The predicted molar refractivity (Wildman–Crippen MR) is 103 cm³/mol. The molecule has 0 radical (unpaired) electrons. The summed E-state index contributed by atoms with van der Waals surface area (Å²) in [6.45, 7) is 0. The number of fused-ring (bicyclic) bond motifs is 2. The number of hydrogen-bond donors (Lipinski definition) is 2. The van der Waals surface area contributed by atoms with Gasteiger partial charge in [0.15, 0.2) is 0 Å². The van der Waals surface area contributed by atoms with Crippen LogP contribution in [0.1, 0.15) is 17.3 Å². The van der Waals surface area contributed by atoms with Gasteiger partial charge in [0.25, 0.3) is 0 Å². The Morgan fingerprint density at radius 1 is 0.964 bits per heavy atom. The molecular weight excluding hydrogens is 376 g/mol. The zero-order chi connectivity index (χ0) is 19.3. The minimum atomic E-state index is -3.74. The molecule has 1 amide bonds. The number of carbonyl (C=O) groups is 1. The van der Waals surface area contributed by atoms with E-state index in [1.807, 2.05) is 24.3 Å². The summed E-state index contributed by atoms with van der Waals surface area (Å²) in [6.07, 6.45) is 2.82. The van der Waals surface area contributed by atoms with Crippen LogP contribution in [-0.4, -0.2) is 29.3 Å². The summed E-state index contributed by atoms with van der Waals surface area (Å²) in [4.78, 5) is 24.4. The van der Waals surface area contributed by atoms with Gasteiger partial charge in [0.2, 0.25) is 15.7 Å². The molecule has 4 aromatic rings. The van der Waals surface area contributed by atoms with Gasteiger partial charge in [-0.05, 0) is 48.0 Å². The third-order valence-electron chi connectivity index (χ3n) is 4.79. The highest BCUT2D eigenvalue weighted by Crippen LogP contribution is 2.38. The molecule has 7 nitrogen and oxygen atoms in total. The Hall–Kier alpha value is -3.52. The predicted octanol–water partition coefficient (Wildman–Crippen LogP) is 2.87. The summed E-state index contributed by atoms with van der Waals surface area (Å²) < 4.78 is 25.9. The van der Waals surface area contributed by atoms with Gasteiger partial charge < -0.3 is 10.3 Å². The maximum absolute atomic E-state index is 12.9. The number of H-pyrrole nitrogens is 1. The molecule has 2 aromatic carbocycles. The van der Waals surface area contributed by atoms with E-state index < -0.39 is 15.8 Å². The van der Waals surface area contributed by atoms with E-state index in [1.165, 1.54) is 30.6 Å². The molecule has 1 aliphatic rings. The summed E-state index contributed by atoms with van der Waals surface area (Å²) in [5, 5.41) is 2.80. The lowest BCUT2D eigenvalue weighted by Crippen LogP contribution is -2.14. The van der Waals surface area contributed by atoms with E-state index in [4.69, 9.17) is 0 Å². The van der Waals surface area contributed by atoms with E-state index in [2.05, 4.69) is 20.3 Å². The quantitative estimate of drug-likeness (QED) is 0.560. The highest BCUT2D eigenvalue weighted by molar-refractivity contribution is 7.91. The van der Waals surface area contributed by atoms with Gasteiger partial charge in [-0.15, -0.1) is 0 Å². The number of benzene rings is 2. The fourth-order valence-corrected chi connectivity index (χ4v) is 4.69. The zero-order valence-electron chi connectivity index (χ0n) is 14.5. The Balaban J connectivity index is 1.64. The molecule has 0 saturated heterocycles. The molecular formula is C20H14N4O3S. The second-order valence-electron chi connectivity index (χ2n) is 6.50. The number of nitrogens with one attached hydrogen (secondary N) is 2. The number of carbonyl (C=O) groups excluding carboxylic acids is 1. The summed E-state index contributed by atoms with van der Waals surface area (Å²) in [7, 11) is -3.74. The maximum atomic E-state index is 12.9. The third kappa shape index (κ3) is 2.49. The fraction of sp³-hybridized carbons (Fsp3) is 0.0500. The minimum absolute atomic E-state index is 0.104. The van der Waals surface area contributed by atoms with Crippen molar-refractivity contribution >= 4 is 32.5 Å². The molecule has 2 N–H and O–H groups in total. The number of rotatable bonds is 3. The van der Waals surface area contributed by atoms with Gasteiger partial charge >= 0.3 is 0 Å². The molecule has 0 bridgehead atoms. The molecule has 28 heavy (non-hydrogen) atoms. The van der Waals surface area contributed by atoms with Crippen LogP contribution in [0.2, 0.25) is 0 Å². The molecule has 1 unspecified atom stereocenters. The summed E-state index contributed by atoms with van der Waals surface area (Å²) in [5.74, 6) is -0.468. The van der Waals surface area contributed by atoms with Gasteiger partial charge in [0, 0.05) is 18.1 Å². The highest BCUT2D eigenvalue weighted by atomic mass is 32.2. The lowest BCUT2D eigenvalue weighted by Gasteiger charge is -2.09. The van der Waals surface area contributed by atoms with Crippen molar-refractivity contribution in [1.82, 2.24) is 15.0 Å². The van der Waals surface area contributed by atoms with Crippen molar-refractivity contribution in [2.24, 2.45) is 0 Å². The number of hydrogen-bond acceptors (Lipinski definition) is 5. The molecule has 0 fully saturated rings. The molecule has 1 aliphatic heterocycles. The average Bonchev–Trinajstić information content (AvgIpc) is 3.27. The largest absolute Gasteiger partial charge is 0.341 e. The second-order valence-corrected chi connectivity index (χ2v) is 8.45. The zero-order valence-corrected chi connectivity index (χ0v) is 15.3. The number of anilines is 1. The SMILES string of the molecule is O=C1Nc2ccc(S(=O)(=O)c3cccnc3)cc2C1c1nc2ccccc2[nH]1. The van der Waals surface area contributed by atoms with Gasteiger partial charge in [-0.2, -0.15) is 0 Å². The Morgan fingerprint density at radius 3 is 2.61 bits per heavy atom. The van der Waals surface area contributed by atoms with Crippen LogP contribution in [0.5, 0.6) is 0 Å². The Labute approximate surface area is 160 Å². The molecule has 2 aromatic heterocycles. The number of pyridine rings is 1. The first-order valence-corrected chi connectivity index (χ1v) is 10.1. The summed E-state index contributed by atoms with van der Waals surface area (Å²) in [6, 6.07) is 15.2. The van der Waals surface area contributed by atoms with Crippen LogP contribution in [-0.2, 0) is 14.6 Å². The van der Waals surface area contributed by atoms with Crippen molar-refractivity contribution < 1.29 is 13.2 Å². The Bertz CT molecular complexity index is 1300. The number of amides is 1. The van der Waals surface area contributed by atoms with Gasteiger partial charge in [0.05, 0.1) is 20.8 Å². The normalized spacial score (nSPS) is 16.1. The van der Waals surface area contributed by atoms with Crippen molar-refractivity contribution in [3.63, 3.8) is 0 Å². The van der Waals surface area contributed by atoms with Crippen molar-refractivity contribution in [3.8, 4) is 0 Å². The van der Waals surface area contributed by atoms with Crippen LogP contribution >= 0.6 is 0 Å². The first-order chi connectivity index (χ1) is 13.5. The van der Waals surface area contributed by atoms with Gasteiger partial charge in [0.1, 0.15) is 11.7 Å². The van der Waals surface area contributed by atoms with Crippen LogP contribution in [0.15, 0.2) is 76.8 Å². The lowest BCUT2D eigenvalue weighted by atomic mass is 10.0. The molecule has 1 atom stereocenters. The number of aromatic amines is 1. The van der Waals surface area contributed by atoms with E-state index in [1.54, 1.807) is 12.1 Å². The van der Waals surface area contributed by atoms with Crippen LogP contribution in [0.25, 0.3) is 11.0 Å². The van der Waals surface area contributed by atoms with Crippen molar-refractivity contribution in [1.29, 1.82) is 0 Å². The van der Waals surface area contributed by atoms with Gasteiger partial charge in [-0.25, -0.2) is 13.4 Å². The molecule has 0 spiro atoms. The monoisotopic (exact) mass is 390 g/mol. The van der Waals surface area contributed by atoms with Crippen LogP contribution in [0.3, 0.4) is 0 Å². The number of aromatic nitrogens is 3.